The molecule has 1 atom stereocenters. The zero-order valence-corrected chi connectivity index (χ0v) is 10.8. The van der Waals surface area contributed by atoms with Crippen LogP contribution in [-0.4, -0.2) is 19.1 Å². The van der Waals surface area contributed by atoms with Crippen molar-refractivity contribution in [1.82, 2.24) is 10.6 Å². The van der Waals surface area contributed by atoms with E-state index in [1.807, 2.05) is 11.3 Å². The lowest BCUT2D eigenvalue weighted by Gasteiger charge is -2.12. The van der Waals surface area contributed by atoms with Crippen molar-refractivity contribution in [2.24, 2.45) is 0 Å². The van der Waals surface area contributed by atoms with Crippen molar-refractivity contribution in [2.45, 2.75) is 39.8 Å². The minimum atomic E-state index is 0.618. The summed E-state index contributed by atoms with van der Waals surface area (Å²) in [6.45, 7) is 9.73. The third-order valence-corrected chi connectivity index (χ3v) is 3.58. The van der Waals surface area contributed by atoms with Crippen LogP contribution in [0.2, 0.25) is 0 Å². The molecule has 0 bridgehead atoms. The molecule has 86 valence electrons. The lowest BCUT2D eigenvalue weighted by atomic mass is 10.2. The zero-order valence-electron chi connectivity index (χ0n) is 9.97. The summed E-state index contributed by atoms with van der Waals surface area (Å²) < 4.78 is 0. The average molecular weight is 226 g/mol. The molecule has 0 saturated heterocycles. The highest BCUT2D eigenvalue weighted by atomic mass is 32.1. The summed E-state index contributed by atoms with van der Waals surface area (Å²) >= 11 is 1.84. The summed E-state index contributed by atoms with van der Waals surface area (Å²) in [6, 6.07) is 2.80. The third-order valence-electron chi connectivity index (χ3n) is 2.56. The molecule has 1 rings (SSSR count). The van der Waals surface area contributed by atoms with E-state index in [0.29, 0.717) is 6.04 Å². The van der Waals surface area contributed by atoms with E-state index in [0.717, 1.165) is 19.6 Å². The SMILES string of the molecule is CCNC(C)CCNCc1sccc1C. The minimum absolute atomic E-state index is 0.618. The maximum Gasteiger partial charge on any atom is 0.0302 e. The molecule has 0 amide bonds. The highest BCUT2D eigenvalue weighted by molar-refractivity contribution is 7.10. The molecular weight excluding hydrogens is 204 g/mol. The Hall–Kier alpha value is -0.380. The lowest BCUT2D eigenvalue weighted by molar-refractivity contribution is 0.505. The summed E-state index contributed by atoms with van der Waals surface area (Å²) in [7, 11) is 0. The largest absolute Gasteiger partial charge is 0.314 e. The molecule has 1 aromatic rings. The average Bonchev–Trinajstić information content (AvgIpc) is 2.60. The highest BCUT2D eigenvalue weighted by Crippen LogP contribution is 2.14. The van der Waals surface area contributed by atoms with Crippen molar-refractivity contribution >= 4 is 11.3 Å². The van der Waals surface area contributed by atoms with Gasteiger partial charge in [0.1, 0.15) is 0 Å². The first-order valence-corrected chi connectivity index (χ1v) is 6.59. The number of rotatable bonds is 7. The van der Waals surface area contributed by atoms with Crippen molar-refractivity contribution in [2.75, 3.05) is 13.1 Å². The number of hydrogen-bond acceptors (Lipinski definition) is 3. The Balaban J connectivity index is 2.09. The predicted octanol–water partition coefficient (Wildman–Crippen LogP) is 2.53. The Bertz CT molecular complexity index is 270. The second kappa shape index (κ2) is 6.99. The van der Waals surface area contributed by atoms with E-state index < -0.39 is 0 Å². The van der Waals surface area contributed by atoms with Gasteiger partial charge in [0.15, 0.2) is 0 Å². The van der Waals surface area contributed by atoms with E-state index in [-0.39, 0.29) is 0 Å². The van der Waals surface area contributed by atoms with Gasteiger partial charge < -0.3 is 10.6 Å². The summed E-state index contributed by atoms with van der Waals surface area (Å²) in [5.74, 6) is 0. The molecule has 2 N–H and O–H groups in total. The molecule has 0 radical (unpaired) electrons. The van der Waals surface area contributed by atoms with Crippen LogP contribution in [0.3, 0.4) is 0 Å². The molecular formula is C12H22N2S. The normalized spacial score (nSPS) is 13.0. The highest BCUT2D eigenvalue weighted by Gasteiger charge is 2.01. The molecule has 0 aliphatic rings. The number of hydrogen-bond donors (Lipinski definition) is 2. The Morgan fingerprint density at radius 3 is 2.87 bits per heavy atom. The van der Waals surface area contributed by atoms with E-state index in [2.05, 4.69) is 42.9 Å². The van der Waals surface area contributed by atoms with Crippen LogP contribution in [0.4, 0.5) is 0 Å². The molecule has 1 heterocycles. The molecule has 2 nitrogen and oxygen atoms in total. The Labute approximate surface area is 97.1 Å². The van der Waals surface area contributed by atoms with Gasteiger partial charge in [0.05, 0.1) is 0 Å². The van der Waals surface area contributed by atoms with E-state index in [9.17, 15) is 0 Å². The van der Waals surface area contributed by atoms with Crippen molar-refractivity contribution in [3.8, 4) is 0 Å². The molecule has 0 aliphatic carbocycles. The summed E-state index contributed by atoms with van der Waals surface area (Å²) in [4.78, 5) is 1.46. The van der Waals surface area contributed by atoms with Crippen LogP contribution in [-0.2, 0) is 6.54 Å². The first-order valence-electron chi connectivity index (χ1n) is 5.71. The van der Waals surface area contributed by atoms with Crippen LogP contribution >= 0.6 is 11.3 Å². The fourth-order valence-corrected chi connectivity index (χ4v) is 2.43. The third kappa shape index (κ3) is 4.78. The zero-order chi connectivity index (χ0) is 11.1. The monoisotopic (exact) mass is 226 g/mol. The summed E-state index contributed by atoms with van der Waals surface area (Å²) in [5.41, 5.74) is 1.41. The molecule has 0 spiro atoms. The Morgan fingerprint density at radius 2 is 2.27 bits per heavy atom. The van der Waals surface area contributed by atoms with Gasteiger partial charge in [-0.1, -0.05) is 6.92 Å². The standard InChI is InChI=1S/C12H22N2S/c1-4-14-11(3)5-7-13-9-12-10(2)6-8-15-12/h6,8,11,13-14H,4-5,7,9H2,1-3H3. The molecule has 0 fully saturated rings. The van der Waals surface area contributed by atoms with Gasteiger partial charge in [0.2, 0.25) is 0 Å². The fraction of sp³-hybridized carbons (Fsp3) is 0.667. The molecule has 1 aromatic heterocycles. The molecule has 3 heteroatoms. The number of thiophene rings is 1. The van der Waals surface area contributed by atoms with Gasteiger partial charge in [-0.2, -0.15) is 0 Å². The first-order chi connectivity index (χ1) is 7.24. The van der Waals surface area contributed by atoms with Crippen molar-refractivity contribution in [3.63, 3.8) is 0 Å². The maximum atomic E-state index is 3.49. The lowest BCUT2D eigenvalue weighted by Crippen LogP contribution is -2.29. The van der Waals surface area contributed by atoms with Gasteiger partial charge in [-0.05, 0) is 50.4 Å². The Kier molecular flexibility index (Phi) is 5.91. The van der Waals surface area contributed by atoms with E-state index in [1.165, 1.54) is 16.9 Å². The maximum absolute atomic E-state index is 3.49. The van der Waals surface area contributed by atoms with Crippen molar-refractivity contribution in [1.29, 1.82) is 0 Å². The van der Waals surface area contributed by atoms with Crippen molar-refractivity contribution in [3.05, 3.63) is 21.9 Å². The van der Waals surface area contributed by atoms with E-state index >= 15 is 0 Å². The molecule has 15 heavy (non-hydrogen) atoms. The quantitative estimate of drug-likeness (QED) is 0.698. The smallest absolute Gasteiger partial charge is 0.0302 e. The first kappa shape index (κ1) is 12.7. The summed E-state index contributed by atoms with van der Waals surface area (Å²) in [6.07, 6.45) is 1.19. The van der Waals surface area contributed by atoms with Crippen LogP contribution in [0.25, 0.3) is 0 Å². The van der Waals surface area contributed by atoms with Gasteiger partial charge >= 0.3 is 0 Å². The summed E-state index contributed by atoms with van der Waals surface area (Å²) in [5, 5.41) is 9.06. The van der Waals surface area contributed by atoms with Crippen LogP contribution < -0.4 is 10.6 Å². The van der Waals surface area contributed by atoms with E-state index in [4.69, 9.17) is 0 Å². The predicted molar refractivity (Wildman–Crippen MR) is 68.5 cm³/mol. The van der Waals surface area contributed by atoms with Crippen LogP contribution in [0.1, 0.15) is 30.7 Å². The number of aryl methyl sites for hydroxylation is 1. The van der Waals surface area contributed by atoms with Gasteiger partial charge in [-0.25, -0.2) is 0 Å². The Morgan fingerprint density at radius 1 is 1.47 bits per heavy atom. The van der Waals surface area contributed by atoms with E-state index in [1.54, 1.807) is 0 Å². The van der Waals surface area contributed by atoms with Gasteiger partial charge in [0.25, 0.3) is 0 Å². The van der Waals surface area contributed by atoms with Crippen LogP contribution in [0.5, 0.6) is 0 Å². The molecule has 0 aliphatic heterocycles. The van der Waals surface area contributed by atoms with Gasteiger partial charge in [0, 0.05) is 17.5 Å². The topological polar surface area (TPSA) is 24.1 Å². The van der Waals surface area contributed by atoms with Crippen LogP contribution in [0, 0.1) is 6.92 Å². The molecule has 0 aromatic carbocycles. The number of nitrogens with one attached hydrogen (secondary N) is 2. The fourth-order valence-electron chi connectivity index (χ4n) is 1.56. The second-order valence-electron chi connectivity index (χ2n) is 3.95. The molecule has 0 saturated carbocycles. The second-order valence-corrected chi connectivity index (χ2v) is 4.95. The van der Waals surface area contributed by atoms with Crippen molar-refractivity contribution < 1.29 is 0 Å². The van der Waals surface area contributed by atoms with Gasteiger partial charge in [-0.15, -0.1) is 11.3 Å². The van der Waals surface area contributed by atoms with Gasteiger partial charge in [-0.3, -0.25) is 0 Å². The molecule has 1 unspecified atom stereocenters. The minimum Gasteiger partial charge on any atom is -0.314 e. The van der Waals surface area contributed by atoms with Crippen LogP contribution in [0.15, 0.2) is 11.4 Å².